The van der Waals surface area contributed by atoms with Crippen molar-refractivity contribution >= 4 is 18.2 Å². The summed E-state index contributed by atoms with van der Waals surface area (Å²) in [5.74, 6) is -0.0596. The first-order chi connectivity index (χ1) is 5.11. The topological polar surface area (TPSA) is 56.0 Å². The molecule has 0 saturated carbocycles. The first-order valence-electron chi connectivity index (χ1n) is 3.19. The molecular weight excluding hydrogens is 180 g/mol. The van der Waals surface area contributed by atoms with Crippen molar-refractivity contribution in [3.8, 4) is 0 Å². The van der Waals surface area contributed by atoms with Crippen LogP contribution in [0.2, 0.25) is 0 Å². The first-order valence-corrected chi connectivity index (χ1v) is 3.19. The summed E-state index contributed by atoms with van der Waals surface area (Å²) in [7, 11) is 0. The van der Waals surface area contributed by atoms with Crippen molar-refractivity contribution in [1.29, 1.82) is 0 Å². The summed E-state index contributed by atoms with van der Waals surface area (Å²) >= 11 is 0. The van der Waals surface area contributed by atoms with Crippen LogP contribution in [0.1, 0.15) is 11.1 Å². The molecule has 0 spiro atoms. The maximum atomic E-state index is 10.3. The standard InChI is InChI=1S/C7H8N2O2.ClH/c1-5-3-6(2)7(8-4-5)9(10)11;/h3-4H,1-2H3;1H. The van der Waals surface area contributed by atoms with Crippen LogP contribution < -0.4 is 0 Å². The Morgan fingerprint density at radius 3 is 2.50 bits per heavy atom. The summed E-state index contributed by atoms with van der Waals surface area (Å²) in [5, 5.41) is 10.3. The van der Waals surface area contributed by atoms with E-state index in [0.717, 1.165) is 5.56 Å². The number of pyridine rings is 1. The van der Waals surface area contributed by atoms with Crippen molar-refractivity contribution < 1.29 is 4.92 Å². The normalized spacial score (nSPS) is 8.83. The van der Waals surface area contributed by atoms with Gasteiger partial charge in [0.1, 0.15) is 6.20 Å². The van der Waals surface area contributed by atoms with Gasteiger partial charge in [0.05, 0.1) is 0 Å². The molecule has 12 heavy (non-hydrogen) atoms. The Morgan fingerprint density at radius 1 is 1.50 bits per heavy atom. The zero-order valence-electron chi connectivity index (χ0n) is 6.77. The fourth-order valence-electron chi connectivity index (χ4n) is 0.899. The van der Waals surface area contributed by atoms with E-state index in [-0.39, 0.29) is 18.2 Å². The average molecular weight is 189 g/mol. The van der Waals surface area contributed by atoms with Crippen molar-refractivity contribution in [3.63, 3.8) is 0 Å². The van der Waals surface area contributed by atoms with Gasteiger partial charge in [-0.1, -0.05) is 0 Å². The van der Waals surface area contributed by atoms with Gasteiger partial charge in [-0.3, -0.25) is 0 Å². The van der Waals surface area contributed by atoms with E-state index in [9.17, 15) is 10.1 Å². The largest absolute Gasteiger partial charge is 0.366 e. The van der Waals surface area contributed by atoms with Gasteiger partial charge in [-0.25, -0.2) is 0 Å². The predicted octanol–water partition coefficient (Wildman–Crippen LogP) is 2.03. The van der Waals surface area contributed by atoms with Crippen LogP contribution in [0.5, 0.6) is 0 Å². The fourth-order valence-corrected chi connectivity index (χ4v) is 0.899. The lowest BCUT2D eigenvalue weighted by Gasteiger charge is -1.95. The molecular formula is C7H9ClN2O2. The van der Waals surface area contributed by atoms with Crippen LogP contribution in [0.4, 0.5) is 5.82 Å². The van der Waals surface area contributed by atoms with Gasteiger partial charge in [0.15, 0.2) is 0 Å². The molecule has 1 aromatic heterocycles. The average Bonchev–Trinajstić information content (AvgIpc) is 1.85. The Morgan fingerprint density at radius 2 is 2.08 bits per heavy atom. The number of nitro groups is 1. The van der Waals surface area contributed by atoms with E-state index in [0.29, 0.717) is 5.56 Å². The third kappa shape index (κ3) is 2.17. The molecule has 66 valence electrons. The molecule has 0 aliphatic rings. The van der Waals surface area contributed by atoms with Gasteiger partial charge in [-0.2, -0.15) is 0 Å². The van der Waals surface area contributed by atoms with Crippen LogP contribution in [0.15, 0.2) is 12.3 Å². The number of hydrogen-bond acceptors (Lipinski definition) is 3. The molecule has 1 aromatic rings. The number of halogens is 1. The van der Waals surface area contributed by atoms with Crippen molar-refractivity contribution in [2.75, 3.05) is 0 Å². The Kier molecular flexibility index (Phi) is 3.63. The fraction of sp³-hybridized carbons (Fsp3) is 0.286. The third-order valence-electron chi connectivity index (χ3n) is 1.36. The van der Waals surface area contributed by atoms with Gasteiger partial charge in [-0.15, -0.1) is 12.4 Å². The van der Waals surface area contributed by atoms with E-state index < -0.39 is 4.92 Å². The summed E-state index contributed by atoms with van der Waals surface area (Å²) in [5.41, 5.74) is 1.54. The quantitative estimate of drug-likeness (QED) is 0.501. The van der Waals surface area contributed by atoms with Gasteiger partial charge < -0.3 is 10.1 Å². The Hall–Kier alpha value is -1.16. The highest BCUT2D eigenvalue weighted by molar-refractivity contribution is 5.85. The van der Waals surface area contributed by atoms with Crippen molar-refractivity contribution in [2.24, 2.45) is 0 Å². The first kappa shape index (κ1) is 10.8. The molecule has 0 amide bonds. The Balaban J connectivity index is 0.00000121. The molecule has 0 aliphatic heterocycles. The van der Waals surface area contributed by atoms with Crippen LogP contribution in [-0.4, -0.2) is 9.91 Å². The SMILES string of the molecule is Cc1cnc([N+](=O)[O-])c(C)c1.Cl. The minimum absolute atomic E-state index is 0. The molecule has 0 aliphatic carbocycles. The minimum Gasteiger partial charge on any atom is -0.358 e. The van der Waals surface area contributed by atoms with Gasteiger partial charge in [-0.05, 0) is 35.4 Å². The Bertz CT molecular complexity index is 301. The van der Waals surface area contributed by atoms with E-state index in [1.165, 1.54) is 6.20 Å². The summed E-state index contributed by atoms with van der Waals surface area (Å²) in [6.45, 7) is 3.53. The molecule has 1 rings (SSSR count). The molecule has 1 heterocycles. The van der Waals surface area contributed by atoms with Crippen LogP contribution in [0.25, 0.3) is 0 Å². The van der Waals surface area contributed by atoms with E-state index in [4.69, 9.17) is 0 Å². The van der Waals surface area contributed by atoms with Crippen LogP contribution >= 0.6 is 12.4 Å². The molecule has 0 aromatic carbocycles. The van der Waals surface area contributed by atoms with E-state index in [2.05, 4.69) is 4.98 Å². The molecule has 0 atom stereocenters. The second-order valence-corrected chi connectivity index (χ2v) is 2.41. The van der Waals surface area contributed by atoms with E-state index in [1.807, 2.05) is 6.92 Å². The predicted molar refractivity (Wildman–Crippen MR) is 47.6 cm³/mol. The van der Waals surface area contributed by atoms with Crippen molar-refractivity contribution in [3.05, 3.63) is 33.5 Å². The van der Waals surface area contributed by atoms with Crippen LogP contribution in [0, 0.1) is 24.0 Å². The van der Waals surface area contributed by atoms with Crippen molar-refractivity contribution in [1.82, 2.24) is 4.98 Å². The molecule has 0 bridgehead atoms. The summed E-state index contributed by atoms with van der Waals surface area (Å²) < 4.78 is 0. The summed E-state index contributed by atoms with van der Waals surface area (Å²) in [6.07, 6.45) is 1.49. The number of hydrogen-bond donors (Lipinski definition) is 0. The zero-order chi connectivity index (χ0) is 8.43. The molecule has 4 nitrogen and oxygen atoms in total. The lowest BCUT2D eigenvalue weighted by atomic mass is 10.2. The lowest BCUT2D eigenvalue weighted by Crippen LogP contribution is -1.95. The second kappa shape index (κ2) is 4.01. The van der Waals surface area contributed by atoms with E-state index in [1.54, 1.807) is 13.0 Å². The maximum Gasteiger partial charge on any atom is 0.366 e. The smallest absolute Gasteiger partial charge is 0.358 e. The monoisotopic (exact) mass is 188 g/mol. The van der Waals surface area contributed by atoms with Gasteiger partial charge >= 0.3 is 5.82 Å². The summed E-state index contributed by atoms with van der Waals surface area (Å²) in [6, 6.07) is 1.74. The van der Waals surface area contributed by atoms with Gasteiger partial charge in [0.2, 0.25) is 0 Å². The molecule has 0 fully saturated rings. The van der Waals surface area contributed by atoms with Gasteiger partial charge in [0, 0.05) is 5.56 Å². The summed E-state index contributed by atoms with van der Waals surface area (Å²) in [4.78, 5) is 13.5. The number of rotatable bonds is 1. The highest BCUT2D eigenvalue weighted by Crippen LogP contribution is 2.13. The maximum absolute atomic E-state index is 10.3. The lowest BCUT2D eigenvalue weighted by molar-refractivity contribution is -0.390. The highest BCUT2D eigenvalue weighted by Gasteiger charge is 2.10. The molecule has 0 radical (unpaired) electrons. The van der Waals surface area contributed by atoms with Crippen LogP contribution in [0.3, 0.4) is 0 Å². The Labute approximate surface area is 76.2 Å². The number of aryl methyl sites for hydroxylation is 2. The third-order valence-corrected chi connectivity index (χ3v) is 1.36. The van der Waals surface area contributed by atoms with Gasteiger partial charge in [0.25, 0.3) is 0 Å². The molecule has 5 heteroatoms. The molecule has 0 N–H and O–H groups in total. The highest BCUT2D eigenvalue weighted by atomic mass is 35.5. The number of nitrogens with zero attached hydrogens (tertiary/aromatic N) is 2. The second-order valence-electron chi connectivity index (χ2n) is 2.41. The number of aromatic nitrogens is 1. The molecule has 0 saturated heterocycles. The van der Waals surface area contributed by atoms with Crippen LogP contribution in [-0.2, 0) is 0 Å². The zero-order valence-corrected chi connectivity index (χ0v) is 7.59. The van der Waals surface area contributed by atoms with Crippen molar-refractivity contribution in [2.45, 2.75) is 13.8 Å². The minimum atomic E-state index is -0.477. The molecule has 0 unspecified atom stereocenters. The van der Waals surface area contributed by atoms with E-state index >= 15 is 0 Å².